The molecule has 1 amide bonds. The molecule has 2 N–H and O–H groups in total. The average molecular weight is 291 g/mol. The third kappa shape index (κ3) is 4.71. The molecule has 7 nitrogen and oxygen atoms in total. The van der Waals surface area contributed by atoms with Crippen molar-refractivity contribution in [2.45, 2.75) is 32.9 Å². The van der Waals surface area contributed by atoms with Crippen LogP contribution in [0.1, 0.15) is 26.6 Å². The summed E-state index contributed by atoms with van der Waals surface area (Å²) in [5.41, 5.74) is 0.346. The molecule has 0 aliphatic heterocycles. The lowest BCUT2D eigenvalue weighted by molar-refractivity contribution is 0.0528. The number of amides is 1. The molecule has 0 saturated heterocycles. The maximum atomic E-state index is 11.4. The van der Waals surface area contributed by atoms with E-state index in [0.29, 0.717) is 19.6 Å². The fourth-order valence-corrected chi connectivity index (χ4v) is 1.78. The number of aromatic nitrogens is 3. The number of hydrogen-bond donors (Lipinski definition) is 2. The zero-order valence-corrected chi connectivity index (χ0v) is 12.6. The van der Waals surface area contributed by atoms with Gasteiger partial charge >= 0.3 is 6.09 Å². The van der Waals surface area contributed by atoms with Gasteiger partial charge in [0.05, 0.1) is 6.54 Å². The summed E-state index contributed by atoms with van der Waals surface area (Å²) < 4.78 is 7.07. The smallest absolute Gasteiger partial charge is 0.407 e. The van der Waals surface area contributed by atoms with Gasteiger partial charge in [-0.2, -0.15) is 0 Å². The van der Waals surface area contributed by atoms with E-state index in [-0.39, 0.29) is 0 Å². The van der Waals surface area contributed by atoms with Crippen molar-refractivity contribution in [1.29, 1.82) is 0 Å². The predicted octanol–water partition coefficient (Wildman–Crippen LogP) is 1.34. The van der Waals surface area contributed by atoms with Crippen LogP contribution in [0.25, 0.3) is 5.65 Å². The number of alkyl carbamates (subject to hydrolysis) is 1. The van der Waals surface area contributed by atoms with Gasteiger partial charge in [-0.15, -0.1) is 10.2 Å². The van der Waals surface area contributed by atoms with E-state index < -0.39 is 11.7 Å². The highest BCUT2D eigenvalue weighted by atomic mass is 16.6. The molecule has 114 valence electrons. The monoisotopic (exact) mass is 291 g/mol. The van der Waals surface area contributed by atoms with E-state index in [4.69, 9.17) is 4.74 Å². The molecule has 0 saturated carbocycles. The minimum Gasteiger partial charge on any atom is -0.444 e. The molecule has 0 fully saturated rings. The Bertz CT molecular complexity index is 603. The molecule has 2 rings (SSSR count). The lowest BCUT2D eigenvalue weighted by atomic mass is 10.2. The number of ether oxygens (including phenoxy) is 1. The Morgan fingerprint density at radius 1 is 1.29 bits per heavy atom. The Labute approximate surface area is 123 Å². The highest BCUT2D eigenvalue weighted by molar-refractivity contribution is 5.67. The number of pyridine rings is 1. The highest BCUT2D eigenvalue weighted by Crippen LogP contribution is 2.06. The second-order valence-corrected chi connectivity index (χ2v) is 5.65. The van der Waals surface area contributed by atoms with Gasteiger partial charge in [0.2, 0.25) is 0 Å². The summed E-state index contributed by atoms with van der Waals surface area (Å²) in [7, 11) is 0. The molecule has 0 aliphatic carbocycles. The van der Waals surface area contributed by atoms with Crippen molar-refractivity contribution in [1.82, 2.24) is 25.2 Å². The van der Waals surface area contributed by atoms with Gasteiger partial charge in [-0.25, -0.2) is 4.79 Å². The second kappa shape index (κ2) is 6.53. The van der Waals surface area contributed by atoms with E-state index in [1.165, 1.54) is 0 Å². The van der Waals surface area contributed by atoms with Gasteiger partial charge in [0.1, 0.15) is 5.60 Å². The zero-order valence-electron chi connectivity index (χ0n) is 12.6. The zero-order chi connectivity index (χ0) is 15.3. The summed E-state index contributed by atoms with van der Waals surface area (Å²) in [5, 5.41) is 14.1. The Kier molecular flexibility index (Phi) is 4.74. The predicted molar refractivity (Wildman–Crippen MR) is 78.9 cm³/mol. The van der Waals surface area contributed by atoms with Crippen LogP contribution in [0.2, 0.25) is 0 Å². The maximum absolute atomic E-state index is 11.4. The third-order valence-electron chi connectivity index (χ3n) is 2.64. The van der Waals surface area contributed by atoms with Crippen LogP contribution in [-0.4, -0.2) is 39.4 Å². The third-order valence-corrected chi connectivity index (χ3v) is 2.64. The van der Waals surface area contributed by atoms with E-state index in [2.05, 4.69) is 20.8 Å². The number of hydrogen-bond acceptors (Lipinski definition) is 5. The molecule has 0 unspecified atom stereocenters. The number of nitrogens with zero attached hydrogens (tertiary/aromatic N) is 3. The fourth-order valence-electron chi connectivity index (χ4n) is 1.78. The van der Waals surface area contributed by atoms with Gasteiger partial charge in [0, 0.05) is 19.3 Å². The van der Waals surface area contributed by atoms with Crippen molar-refractivity contribution in [3.05, 3.63) is 30.2 Å². The lowest BCUT2D eigenvalue weighted by Gasteiger charge is -2.19. The molecule has 0 bridgehead atoms. The van der Waals surface area contributed by atoms with Crippen molar-refractivity contribution in [3.8, 4) is 0 Å². The van der Waals surface area contributed by atoms with Crippen LogP contribution in [0.4, 0.5) is 4.79 Å². The van der Waals surface area contributed by atoms with Crippen LogP contribution in [0.3, 0.4) is 0 Å². The quantitative estimate of drug-likeness (QED) is 0.813. The first-order valence-electron chi connectivity index (χ1n) is 6.92. The topological polar surface area (TPSA) is 80.5 Å². The molecule has 0 radical (unpaired) electrons. The van der Waals surface area contributed by atoms with Crippen LogP contribution >= 0.6 is 0 Å². The van der Waals surface area contributed by atoms with Gasteiger partial charge in [-0.1, -0.05) is 6.07 Å². The molecule has 0 aliphatic rings. The molecular weight excluding hydrogens is 270 g/mol. The van der Waals surface area contributed by atoms with E-state index in [0.717, 1.165) is 11.5 Å². The minimum absolute atomic E-state index is 0.405. The summed E-state index contributed by atoms with van der Waals surface area (Å²) in [5.74, 6) is 0.836. The van der Waals surface area contributed by atoms with E-state index >= 15 is 0 Å². The summed E-state index contributed by atoms with van der Waals surface area (Å²) in [6, 6.07) is 5.76. The van der Waals surface area contributed by atoms with Crippen LogP contribution in [0, 0.1) is 0 Å². The number of carbonyl (C=O) groups is 1. The second-order valence-electron chi connectivity index (χ2n) is 5.65. The first-order chi connectivity index (χ1) is 9.96. The molecule has 2 aromatic rings. The first kappa shape index (κ1) is 15.2. The summed E-state index contributed by atoms with van der Waals surface area (Å²) in [4.78, 5) is 11.4. The van der Waals surface area contributed by atoms with Crippen LogP contribution in [0.5, 0.6) is 0 Å². The van der Waals surface area contributed by atoms with Crippen molar-refractivity contribution in [2.75, 3.05) is 13.1 Å². The molecule has 0 spiro atoms. The molecule has 2 heterocycles. The molecule has 0 aromatic carbocycles. The number of rotatable bonds is 5. The Hall–Kier alpha value is -2.15. The molecule has 7 heteroatoms. The Morgan fingerprint density at radius 3 is 2.86 bits per heavy atom. The lowest BCUT2D eigenvalue weighted by Crippen LogP contribution is -2.36. The standard InChI is InChI=1S/C14H21N5O2/c1-14(2,3)21-13(20)16-8-7-15-10-12-18-17-11-6-4-5-9-19(11)12/h4-6,9,15H,7-8,10H2,1-3H3,(H,16,20). The number of nitrogens with one attached hydrogen (secondary N) is 2. The maximum Gasteiger partial charge on any atom is 0.407 e. The van der Waals surface area contributed by atoms with Crippen LogP contribution in [-0.2, 0) is 11.3 Å². The van der Waals surface area contributed by atoms with Gasteiger partial charge in [0.25, 0.3) is 0 Å². The molecule has 2 aromatic heterocycles. The Balaban J connectivity index is 1.70. The van der Waals surface area contributed by atoms with E-state index in [9.17, 15) is 4.79 Å². The summed E-state index contributed by atoms with van der Waals surface area (Å²) >= 11 is 0. The Morgan fingerprint density at radius 2 is 2.10 bits per heavy atom. The van der Waals surface area contributed by atoms with Crippen molar-refractivity contribution >= 4 is 11.7 Å². The van der Waals surface area contributed by atoms with Gasteiger partial charge in [0.15, 0.2) is 11.5 Å². The highest BCUT2D eigenvalue weighted by Gasteiger charge is 2.15. The average Bonchev–Trinajstić information content (AvgIpc) is 2.80. The minimum atomic E-state index is -0.474. The largest absolute Gasteiger partial charge is 0.444 e. The van der Waals surface area contributed by atoms with Crippen molar-refractivity contribution < 1.29 is 9.53 Å². The van der Waals surface area contributed by atoms with E-state index in [1.54, 1.807) is 0 Å². The van der Waals surface area contributed by atoms with Gasteiger partial charge < -0.3 is 15.4 Å². The van der Waals surface area contributed by atoms with Crippen molar-refractivity contribution in [3.63, 3.8) is 0 Å². The number of fused-ring (bicyclic) bond motifs is 1. The van der Waals surface area contributed by atoms with Gasteiger partial charge in [-0.3, -0.25) is 4.40 Å². The molecule has 0 atom stereocenters. The summed E-state index contributed by atoms with van der Waals surface area (Å²) in [6.07, 6.45) is 1.52. The first-order valence-corrected chi connectivity index (χ1v) is 6.92. The number of carbonyl (C=O) groups excluding carboxylic acids is 1. The van der Waals surface area contributed by atoms with Crippen LogP contribution < -0.4 is 10.6 Å². The molecule has 21 heavy (non-hydrogen) atoms. The van der Waals surface area contributed by atoms with Crippen LogP contribution in [0.15, 0.2) is 24.4 Å². The van der Waals surface area contributed by atoms with Gasteiger partial charge in [-0.05, 0) is 32.9 Å². The van der Waals surface area contributed by atoms with Crippen molar-refractivity contribution in [2.24, 2.45) is 0 Å². The molecular formula is C14H21N5O2. The summed E-state index contributed by atoms with van der Waals surface area (Å²) in [6.45, 7) is 7.21. The fraction of sp³-hybridized carbons (Fsp3) is 0.500. The SMILES string of the molecule is CC(C)(C)OC(=O)NCCNCc1nnc2ccccn12. The normalized spacial score (nSPS) is 11.6. The van der Waals surface area contributed by atoms with E-state index in [1.807, 2.05) is 49.6 Å².